The van der Waals surface area contributed by atoms with Gasteiger partial charge in [-0.1, -0.05) is 0 Å². The highest BCUT2D eigenvalue weighted by atomic mass is 16.6. The van der Waals surface area contributed by atoms with Crippen LogP contribution in [0.5, 0.6) is 34.5 Å². The lowest BCUT2D eigenvalue weighted by Gasteiger charge is -2.18. The van der Waals surface area contributed by atoms with Crippen molar-refractivity contribution in [3.8, 4) is 34.5 Å². The molecule has 2 saturated heterocycles. The molecule has 0 aliphatic carbocycles. The van der Waals surface area contributed by atoms with Gasteiger partial charge in [-0.15, -0.1) is 0 Å². The van der Waals surface area contributed by atoms with E-state index in [1.54, 1.807) is 0 Å². The fraction of sp³-hybridized carbons (Fsp3) is 0.364. The van der Waals surface area contributed by atoms with E-state index in [2.05, 4.69) is 0 Å². The lowest BCUT2D eigenvalue weighted by atomic mass is 9.84. The Hall–Kier alpha value is -3.82. The fourth-order valence-corrected chi connectivity index (χ4v) is 4.18. The summed E-state index contributed by atoms with van der Waals surface area (Å²) in [5.41, 5.74) is 0.826. The zero-order chi connectivity index (χ0) is 23.2. The van der Waals surface area contributed by atoms with Gasteiger partial charge in [0.15, 0.2) is 23.0 Å². The first kappa shape index (κ1) is 21.4. The Bertz CT molecular complexity index is 943. The van der Waals surface area contributed by atoms with Gasteiger partial charge in [0, 0.05) is 11.1 Å². The predicted octanol–water partition coefficient (Wildman–Crippen LogP) is 2.26. The van der Waals surface area contributed by atoms with Gasteiger partial charge in [-0.3, -0.25) is 9.59 Å². The molecular weight excluding hydrogens is 424 g/mol. The maximum atomic E-state index is 12.8. The van der Waals surface area contributed by atoms with Gasteiger partial charge in [-0.2, -0.15) is 0 Å². The third kappa shape index (κ3) is 3.19. The summed E-state index contributed by atoms with van der Waals surface area (Å²) in [6, 6.07) is 5.91. The maximum Gasteiger partial charge on any atom is 0.314 e. The maximum absolute atomic E-state index is 12.8. The molecule has 170 valence electrons. The lowest BCUT2D eigenvalue weighted by molar-refractivity contribution is -0.154. The molecule has 0 bridgehead atoms. The van der Waals surface area contributed by atoms with Gasteiger partial charge in [0.1, 0.15) is 24.0 Å². The van der Waals surface area contributed by atoms with Crippen molar-refractivity contribution in [2.45, 2.75) is 12.2 Å². The smallest absolute Gasteiger partial charge is 0.314 e. The number of rotatable bonds is 6. The molecule has 0 aromatic heterocycles. The van der Waals surface area contributed by atoms with Crippen LogP contribution >= 0.6 is 0 Å². The first-order chi connectivity index (χ1) is 15.3. The van der Waals surface area contributed by atoms with E-state index in [1.807, 2.05) is 0 Å². The van der Waals surface area contributed by atoms with Gasteiger partial charge in [0.2, 0.25) is 11.5 Å². The first-order valence-corrected chi connectivity index (χ1v) is 9.65. The highest BCUT2D eigenvalue weighted by Crippen LogP contribution is 2.54. The molecule has 32 heavy (non-hydrogen) atoms. The Labute approximate surface area is 183 Å². The molecule has 2 aromatic rings. The summed E-state index contributed by atoms with van der Waals surface area (Å²) in [4.78, 5) is 25.7. The number of hydrogen-bond donors (Lipinski definition) is 2. The van der Waals surface area contributed by atoms with Gasteiger partial charge < -0.3 is 38.6 Å². The second kappa shape index (κ2) is 8.03. The van der Waals surface area contributed by atoms with Crippen LogP contribution in [-0.2, 0) is 19.1 Å². The standard InChI is InChI=1S/C22H22O10/c1-27-11-5-9(6-12(28-2)17(11)23)19-15-16(22(26)31-19)20(32-21(15)25)10-7-13(29-3)18(24)14(8-10)30-4/h5-8,15-16,19-20,23-24H,1-4H3/t15-,16-,19+,20+/m0/s1. The third-order valence-electron chi connectivity index (χ3n) is 5.73. The molecule has 10 nitrogen and oxygen atoms in total. The molecule has 0 unspecified atom stereocenters. The molecule has 4 rings (SSSR count). The summed E-state index contributed by atoms with van der Waals surface area (Å²) in [7, 11) is 5.47. The van der Waals surface area contributed by atoms with Crippen molar-refractivity contribution in [3.63, 3.8) is 0 Å². The van der Waals surface area contributed by atoms with Gasteiger partial charge in [0.05, 0.1) is 28.4 Å². The molecule has 10 heteroatoms. The first-order valence-electron chi connectivity index (χ1n) is 9.65. The summed E-state index contributed by atoms with van der Waals surface area (Å²) in [6.45, 7) is 0. The van der Waals surface area contributed by atoms with Crippen molar-refractivity contribution in [1.82, 2.24) is 0 Å². The van der Waals surface area contributed by atoms with Crippen LogP contribution in [0.2, 0.25) is 0 Å². The van der Waals surface area contributed by atoms with Crippen molar-refractivity contribution in [3.05, 3.63) is 35.4 Å². The summed E-state index contributed by atoms with van der Waals surface area (Å²) in [5, 5.41) is 20.3. The van der Waals surface area contributed by atoms with E-state index in [1.165, 1.54) is 52.7 Å². The van der Waals surface area contributed by atoms with Crippen LogP contribution in [0.15, 0.2) is 24.3 Å². The van der Waals surface area contributed by atoms with E-state index in [9.17, 15) is 19.8 Å². The highest BCUT2D eigenvalue weighted by molar-refractivity contribution is 5.90. The Kier molecular flexibility index (Phi) is 5.37. The molecule has 0 saturated carbocycles. The van der Waals surface area contributed by atoms with Crippen molar-refractivity contribution in [1.29, 1.82) is 0 Å². The van der Waals surface area contributed by atoms with E-state index >= 15 is 0 Å². The van der Waals surface area contributed by atoms with Crippen LogP contribution in [0.3, 0.4) is 0 Å². The molecule has 2 heterocycles. The minimum atomic E-state index is -0.964. The molecule has 2 aliphatic rings. The van der Waals surface area contributed by atoms with Crippen LogP contribution in [0.1, 0.15) is 23.3 Å². The zero-order valence-corrected chi connectivity index (χ0v) is 17.8. The number of carbonyl (C=O) groups is 2. The van der Waals surface area contributed by atoms with E-state index < -0.39 is 36.0 Å². The molecule has 0 spiro atoms. The number of cyclic esters (lactones) is 2. The van der Waals surface area contributed by atoms with Gasteiger partial charge in [-0.25, -0.2) is 0 Å². The van der Waals surface area contributed by atoms with Crippen LogP contribution in [-0.4, -0.2) is 50.6 Å². The molecule has 4 atom stereocenters. The summed E-state index contributed by atoms with van der Waals surface area (Å²) >= 11 is 0. The van der Waals surface area contributed by atoms with E-state index in [-0.39, 0.29) is 34.5 Å². The fourth-order valence-electron chi connectivity index (χ4n) is 4.18. The van der Waals surface area contributed by atoms with Gasteiger partial charge >= 0.3 is 11.9 Å². The average molecular weight is 446 g/mol. The van der Waals surface area contributed by atoms with E-state index in [0.717, 1.165) is 0 Å². The van der Waals surface area contributed by atoms with Crippen molar-refractivity contribution >= 4 is 11.9 Å². The molecular formula is C22H22O10. The number of methoxy groups -OCH3 is 4. The van der Waals surface area contributed by atoms with Gasteiger partial charge in [0.25, 0.3) is 0 Å². The van der Waals surface area contributed by atoms with Crippen LogP contribution in [0, 0.1) is 11.8 Å². The molecule has 2 fully saturated rings. The zero-order valence-electron chi connectivity index (χ0n) is 17.8. The predicted molar refractivity (Wildman–Crippen MR) is 107 cm³/mol. The minimum Gasteiger partial charge on any atom is -0.502 e. The molecule has 2 aromatic carbocycles. The largest absolute Gasteiger partial charge is 0.502 e. The SMILES string of the molecule is COc1cc([C@H]2OC(=O)[C@H]3[C@@H]2C(=O)O[C@@H]3c2cc(OC)c(O)c(OC)c2)cc(OC)c1O. The summed E-state index contributed by atoms with van der Waals surface area (Å²) < 4.78 is 31.8. The Morgan fingerprint density at radius 3 is 1.16 bits per heavy atom. The quantitative estimate of drug-likeness (QED) is 0.637. The van der Waals surface area contributed by atoms with E-state index in [0.29, 0.717) is 11.1 Å². The van der Waals surface area contributed by atoms with Crippen molar-refractivity contribution < 1.29 is 48.2 Å². The summed E-state index contributed by atoms with van der Waals surface area (Å²) in [6.07, 6.45) is -1.93. The molecule has 0 amide bonds. The monoisotopic (exact) mass is 446 g/mol. The Balaban J connectivity index is 1.74. The minimum absolute atomic E-state index is 0.106. The summed E-state index contributed by atoms with van der Waals surface area (Å²) in [5.74, 6) is -3.10. The van der Waals surface area contributed by atoms with Crippen LogP contribution in [0.4, 0.5) is 0 Å². The Morgan fingerprint density at radius 1 is 0.625 bits per heavy atom. The molecule has 0 radical (unpaired) electrons. The number of phenolic OH excluding ortho intramolecular Hbond substituents is 2. The number of aromatic hydroxyl groups is 2. The number of phenols is 2. The van der Waals surface area contributed by atoms with Gasteiger partial charge in [-0.05, 0) is 24.3 Å². The molecule has 2 N–H and O–H groups in total. The topological polar surface area (TPSA) is 130 Å². The normalized spacial score (nSPS) is 23.9. The van der Waals surface area contributed by atoms with Crippen molar-refractivity contribution in [2.24, 2.45) is 11.8 Å². The highest BCUT2D eigenvalue weighted by Gasteiger charge is 2.60. The van der Waals surface area contributed by atoms with Crippen LogP contribution < -0.4 is 18.9 Å². The number of benzene rings is 2. The average Bonchev–Trinajstić information content (AvgIpc) is 3.32. The number of carbonyl (C=O) groups excluding carboxylic acids is 2. The van der Waals surface area contributed by atoms with Crippen molar-refractivity contribution in [2.75, 3.05) is 28.4 Å². The second-order valence-electron chi connectivity index (χ2n) is 7.31. The molecule has 2 aliphatic heterocycles. The Morgan fingerprint density at radius 2 is 0.906 bits per heavy atom. The second-order valence-corrected chi connectivity index (χ2v) is 7.31. The lowest BCUT2D eigenvalue weighted by Crippen LogP contribution is -2.19. The third-order valence-corrected chi connectivity index (χ3v) is 5.73. The number of ether oxygens (including phenoxy) is 6. The number of hydrogen-bond acceptors (Lipinski definition) is 10. The van der Waals surface area contributed by atoms with E-state index in [4.69, 9.17) is 28.4 Å². The number of esters is 2. The number of fused-ring (bicyclic) bond motifs is 1. The van der Waals surface area contributed by atoms with Crippen LogP contribution in [0.25, 0.3) is 0 Å².